The molecule has 8 nitrogen and oxygen atoms in total. The van der Waals surface area contributed by atoms with Crippen molar-refractivity contribution in [2.45, 2.75) is 26.3 Å². The van der Waals surface area contributed by atoms with Crippen LogP contribution >= 0.6 is 11.6 Å². The van der Waals surface area contributed by atoms with Crippen LogP contribution in [0.2, 0.25) is 5.28 Å². The summed E-state index contributed by atoms with van der Waals surface area (Å²) in [6.45, 7) is 4.01. The molecule has 0 fully saturated rings. The first-order valence-electron chi connectivity index (χ1n) is 7.32. The minimum absolute atomic E-state index is 0.000401. The van der Waals surface area contributed by atoms with Gasteiger partial charge in [0.05, 0.1) is 23.6 Å². The molecule has 0 unspecified atom stereocenters. The van der Waals surface area contributed by atoms with Crippen LogP contribution < -0.4 is 4.90 Å². The third-order valence-corrected chi connectivity index (χ3v) is 4.19. The molecule has 4 rings (SSSR count). The van der Waals surface area contributed by atoms with Crippen LogP contribution in [-0.4, -0.2) is 34.5 Å². The molecule has 0 spiro atoms. The number of aryl methyl sites for hydroxylation is 2. The van der Waals surface area contributed by atoms with Gasteiger partial charge < -0.3 is 4.90 Å². The Bertz CT molecular complexity index is 883. The zero-order chi connectivity index (χ0) is 16.1. The highest BCUT2D eigenvalue weighted by molar-refractivity contribution is 6.28. The summed E-state index contributed by atoms with van der Waals surface area (Å²) in [5.74, 6) is 1.60. The standard InChI is InChI=1S/C14H15ClN8/c1-4-10-12-20-16-7-22(12)11-8(2)18-14(15)19-13(11)23(10)9-5-17-21(3)6-9/h5-7,10H,4H2,1-3H3/t10-/m1/s1. The van der Waals surface area contributed by atoms with Crippen LogP contribution in [0.5, 0.6) is 0 Å². The zero-order valence-electron chi connectivity index (χ0n) is 13.0. The van der Waals surface area contributed by atoms with E-state index in [1.807, 2.05) is 30.9 Å². The molecule has 1 atom stereocenters. The summed E-state index contributed by atoms with van der Waals surface area (Å²) in [5.41, 5.74) is 2.57. The number of aromatic nitrogens is 7. The summed E-state index contributed by atoms with van der Waals surface area (Å²) in [6, 6.07) is -0.000401. The maximum absolute atomic E-state index is 6.12. The Balaban J connectivity index is 2.03. The number of halogens is 1. The van der Waals surface area contributed by atoms with E-state index in [9.17, 15) is 0 Å². The third kappa shape index (κ3) is 2.02. The van der Waals surface area contributed by atoms with Crippen molar-refractivity contribution in [1.82, 2.24) is 34.5 Å². The lowest BCUT2D eigenvalue weighted by atomic mass is 10.1. The van der Waals surface area contributed by atoms with E-state index >= 15 is 0 Å². The Morgan fingerprint density at radius 1 is 1.30 bits per heavy atom. The van der Waals surface area contributed by atoms with Crippen molar-refractivity contribution in [3.05, 3.63) is 35.5 Å². The van der Waals surface area contributed by atoms with Crippen molar-refractivity contribution < 1.29 is 0 Å². The first-order valence-corrected chi connectivity index (χ1v) is 7.70. The van der Waals surface area contributed by atoms with Gasteiger partial charge >= 0.3 is 0 Å². The molecule has 0 aromatic carbocycles. The van der Waals surface area contributed by atoms with Crippen LogP contribution in [0.4, 0.5) is 11.5 Å². The van der Waals surface area contributed by atoms with Gasteiger partial charge in [0.1, 0.15) is 12.0 Å². The van der Waals surface area contributed by atoms with Gasteiger partial charge in [-0.25, -0.2) is 4.98 Å². The number of rotatable bonds is 2. The number of anilines is 2. The molecule has 118 valence electrons. The quantitative estimate of drug-likeness (QED) is 0.671. The lowest BCUT2D eigenvalue weighted by Crippen LogP contribution is -2.32. The molecule has 3 aromatic rings. The maximum Gasteiger partial charge on any atom is 0.224 e. The van der Waals surface area contributed by atoms with E-state index < -0.39 is 0 Å². The van der Waals surface area contributed by atoms with Gasteiger partial charge in [0.2, 0.25) is 5.28 Å². The van der Waals surface area contributed by atoms with E-state index in [-0.39, 0.29) is 11.3 Å². The van der Waals surface area contributed by atoms with Gasteiger partial charge in [-0.05, 0) is 24.9 Å². The van der Waals surface area contributed by atoms with Gasteiger partial charge in [-0.1, -0.05) is 6.92 Å². The molecule has 0 amide bonds. The highest BCUT2D eigenvalue weighted by Gasteiger charge is 2.36. The van der Waals surface area contributed by atoms with Crippen molar-refractivity contribution in [2.75, 3.05) is 4.90 Å². The van der Waals surface area contributed by atoms with E-state index in [1.54, 1.807) is 11.0 Å². The molecule has 1 aliphatic heterocycles. The van der Waals surface area contributed by atoms with Gasteiger partial charge in [-0.3, -0.25) is 9.25 Å². The highest BCUT2D eigenvalue weighted by Crippen LogP contribution is 2.43. The molecule has 1 aliphatic rings. The SMILES string of the molecule is CC[C@@H]1c2nncn2-c2c(C)nc(Cl)nc2N1c1cnn(C)c1. The number of fused-ring (bicyclic) bond motifs is 3. The predicted octanol–water partition coefficient (Wildman–Crippen LogP) is 2.36. The number of hydrogen-bond donors (Lipinski definition) is 0. The van der Waals surface area contributed by atoms with Crippen LogP contribution in [0, 0.1) is 6.92 Å². The average molecular weight is 331 g/mol. The van der Waals surface area contributed by atoms with Crippen LogP contribution in [0.1, 0.15) is 30.9 Å². The van der Waals surface area contributed by atoms with Crippen LogP contribution in [-0.2, 0) is 7.05 Å². The summed E-state index contributed by atoms with van der Waals surface area (Å²) in [5, 5.41) is 12.9. The second-order valence-electron chi connectivity index (χ2n) is 5.48. The summed E-state index contributed by atoms with van der Waals surface area (Å²) < 4.78 is 3.71. The van der Waals surface area contributed by atoms with Crippen molar-refractivity contribution in [1.29, 1.82) is 0 Å². The Kier molecular flexibility index (Phi) is 3.08. The van der Waals surface area contributed by atoms with Gasteiger partial charge in [-0.15, -0.1) is 10.2 Å². The molecule has 0 bridgehead atoms. The van der Waals surface area contributed by atoms with E-state index in [2.05, 4.69) is 37.1 Å². The highest BCUT2D eigenvalue weighted by atomic mass is 35.5. The van der Waals surface area contributed by atoms with Gasteiger partial charge in [-0.2, -0.15) is 10.1 Å². The van der Waals surface area contributed by atoms with Crippen LogP contribution in [0.25, 0.3) is 5.69 Å². The smallest absolute Gasteiger partial charge is 0.224 e. The Morgan fingerprint density at radius 2 is 2.13 bits per heavy atom. The fourth-order valence-electron chi connectivity index (χ4n) is 3.08. The van der Waals surface area contributed by atoms with Gasteiger partial charge in [0, 0.05) is 13.2 Å². The van der Waals surface area contributed by atoms with E-state index in [0.717, 1.165) is 35.1 Å². The fraction of sp³-hybridized carbons (Fsp3) is 0.357. The fourth-order valence-corrected chi connectivity index (χ4v) is 3.28. The van der Waals surface area contributed by atoms with Crippen molar-refractivity contribution in [3.63, 3.8) is 0 Å². The molecule has 3 aromatic heterocycles. The predicted molar refractivity (Wildman–Crippen MR) is 85.1 cm³/mol. The van der Waals surface area contributed by atoms with E-state index in [0.29, 0.717) is 0 Å². The first-order chi connectivity index (χ1) is 11.1. The molecular weight excluding hydrogens is 316 g/mol. The summed E-state index contributed by atoms with van der Waals surface area (Å²) in [7, 11) is 1.88. The first kappa shape index (κ1) is 14.1. The molecule has 0 saturated heterocycles. The maximum atomic E-state index is 6.12. The number of nitrogens with zero attached hydrogens (tertiary/aromatic N) is 8. The topological polar surface area (TPSA) is 77.6 Å². The third-order valence-electron chi connectivity index (χ3n) is 4.02. The summed E-state index contributed by atoms with van der Waals surface area (Å²) >= 11 is 6.12. The molecule has 9 heteroatoms. The minimum atomic E-state index is -0.000401. The van der Waals surface area contributed by atoms with Gasteiger partial charge in [0.15, 0.2) is 11.6 Å². The average Bonchev–Trinajstić information content (AvgIpc) is 3.13. The molecule has 4 heterocycles. The van der Waals surface area contributed by atoms with Crippen molar-refractivity contribution in [2.24, 2.45) is 7.05 Å². The summed E-state index contributed by atoms with van der Waals surface area (Å²) in [6.07, 6.45) is 6.29. The second kappa shape index (κ2) is 5.02. The van der Waals surface area contributed by atoms with Crippen LogP contribution in [0.3, 0.4) is 0 Å². The lowest BCUT2D eigenvalue weighted by molar-refractivity contribution is 0.587. The summed E-state index contributed by atoms with van der Waals surface area (Å²) in [4.78, 5) is 10.9. The van der Waals surface area contributed by atoms with Crippen molar-refractivity contribution in [3.8, 4) is 5.69 Å². The Morgan fingerprint density at radius 3 is 2.83 bits per heavy atom. The van der Waals surface area contributed by atoms with Gasteiger partial charge in [0.25, 0.3) is 0 Å². The molecular formula is C14H15ClN8. The molecule has 0 aliphatic carbocycles. The van der Waals surface area contributed by atoms with E-state index in [1.165, 1.54) is 0 Å². The van der Waals surface area contributed by atoms with Crippen LogP contribution in [0.15, 0.2) is 18.7 Å². The number of hydrogen-bond acceptors (Lipinski definition) is 6. The minimum Gasteiger partial charge on any atom is -0.311 e. The normalized spacial score (nSPS) is 16.3. The van der Waals surface area contributed by atoms with E-state index in [4.69, 9.17) is 11.6 Å². The zero-order valence-corrected chi connectivity index (χ0v) is 13.7. The molecule has 0 radical (unpaired) electrons. The van der Waals surface area contributed by atoms with Crippen molar-refractivity contribution >= 4 is 23.1 Å². The molecule has 0 N–H and O–H groups in total. The molecule has 23 heavy (non-hydrogen) atoms. The molecule has 0 saturated carbocycles. The second-order valence-corrected chi connectivity index (χ2v) is 5.81. The Labute approximate surface area is 137 Å². The lowest BCUT2D eigenvalue weighted by Gasteiger charge is -2.36. The monoisotopic (exact) mass is 330 g/mol. The Hall–Kier alpha value is -2.48. The largest absolute Gasteiger partial charge is 0.311 e.